The molecule has 1 heterocycles. The van der Waals surface area contributed by atoms with Crippen LogP contribution < -0.4 is 5.32 Å². The highest BCUT2D eigenvalue weighted by Crippen LogP contribution is 2.25. The molecule has 1 N–H and O–H groups in total. The molecule has 1 aromatic heterocycles. The number of thiazole rings is 1. The van der Waals surface area contributed by atoms with Crippen molar-refractivity contribution in [1.82, 2.24) is 4.98 Å². The molecule has 0 spiro atoms. The molecule has 0 unspecified atom stereocenters. The summed E-state index contributed by atoms with van der Waals surface area (Å²) in [6.07, 6.45) is 3.16. The Hall–Kier alpha value is -0.440. The summed E-state index contributed by atoms with van der Waals surface area (Å²) in [5.74, 6) is 1.12. The van der Waals surface area contributed by atoms with Gasteiger partial charge < -0.3 is 5.32 Å². The zero-order valence-electron chi connectivity index (χ0n) is 7.71. The molecule has 0 bridgehead atoms. The standard InChI is InChI=1S/C8H10ClN3S2/c1-13-4-2-3-11-8-12-7(9)6(5-10)14-8/h2-4H2,1H3,(H,11,12). The van der Waals surface area contributed by atoms with Crippen molar-refractivity contribution in [2.75, 3.05) is 23.9 Å². The van der Waals surface area contributed by atoms with Crippen molar-refractivity contribution in [2.45, 2.75) is 6.42 Å². The normalized spacial score (nSPS) is 9.79. The van der Waals surface area contributed by atoms with E-state index in [-0.39, 0.29) is 0 Å². The molecule has 0 aliphatic heterocycles. The molecule has 0 saturated carbocycles. The van der Waals surface area contributed by atoms with E-state index in [0.29, 0.717) is 10.0 Å². The van der Waals surface area contributed by atoms with Gasteiger partial charge in [-0.2, -0.15) is 17.0 Å². The molecule has 0 aliphatic rings. The lowest BCUT2D eigenvalue weighted by Crippen LogP contribution is -2.01. The first-order valence-corrected chi connectivity index (χ1v) is 6.66. The molecule has 3 nitrogen and oxygen atoms in total. The van der Waals surface area contributed by atoms with Gasteiger partial charge in [-0.3, -0.25) is 0 Å². The number of halogens is 1. The highest BCUT2D eigenvalue weighted by atomic mass is 35.5. The predicted molar refractivity (Wildman–Crippen MR) is 63.3 cm³/mol. The minimum Gasteiger partial charge on any atom is -0.361 e. The van der Waals surface area contributed by atoms with Gasteiger partial charge in [-0.15, -0.1) is 0 Å². The van der Waals surface area contributed by atoms with Gasteiger partial charge in [-0.05, 0) is 18.4 Å². The Morgan fingerprint density at radius 3 is 3.07 bits per heavy atom. The van der Waals surface area contributed by atoms with E-state index < -0.39 is 0 Å². The quantitative estimate of drug-likeness (QED) is 0.813. The van der Waals surface area contributed by atoms with Gasteiger partial charge in [0, 0.05) is 6.54 Å². The summed E-state index contributed by atoms with van der Waals surface area (Å²) < 4.78 is 0. The monoisotopic (exact) mass is 247 g/mol. The van der Waals surface area contributed by atoms with Crippen LogP contribution in [-0.4, -0.2) is 23.5 Å². The van der Waals surface area contributed by atoms with Crippen molar-refractivity contribution >= 4 is 39.8 Å². The van der Waals surface area contributed by atoms with Crippen LogP contribution in [0.5, 0.6) is 0 Å². The maximum Gasteiger partial charge on any atom is 0.185 e. The highest BCUT2D eigenvalue weighted by Gasteiger charge is 2.07. The van der Waals surface area contributed by atoms with Crippen LogP contribution in [0.3, 0.4) is 0 Å². The summed E-state index contributed by atoms with van der Waals surface area (Å²) in [7, 11) is 0. The Morgan fingerprint density at radius 2 is 2.50 bits per heavy atom. The molecule has 0 aliphatic carbocycles. The fourth-order valence-corrected chi connectivity index (χ4v) is 2.26. The fourth-order valence-electron chi connectivity index (χ4n) is 0.858. The summed E-state index contributed by atoms with van der Waals surface area (Å²) >= 11 is 8.83. The Kier molecular flexibility index (Phi) is 5.09. The summed E-state index contributed by atoms with van der Waals surface area (Å²) in [5, 5.41) is 12.8. The lowest BCUT2D eigenvalue weighted by atomic mass is 10.5. The minimum absolute atomic E-state index is 0.296. The average molecular weight is 248 g/mol. The number of hydrogen-bond acceptors (Lipinski definition) is 5. The van der Waals surface area contributed by atoms with Gasteiger partial charge in [0.25, 0.3) is 0 Å². The Bertz CT molecular complexity index is 332. The van der Waals surface area contributed by atoms with Crippen molar-refractivity contribution in [1.29, 1.82) is 5.26 Å². The van der Waals surface area contributed by atoms with Crippen LogP contribution >= 0.6 is 34.7 Å². The zero-order chi connectivity index (χ0) is 10.4. The van der Waals surface area contributed by atoms with E-state index in [1.54, 1.807) is 0 Å². The molecule has 14 heavy (non-hydrogen) atoms. The van der Waals surface area contributed by atoms with Crippen molar-refractivity contribution in [3.05, 3.63) is 10.0 Å². The molecule has 1 aromatic rings. The van der Waals surface area contributed by atoms with Crippen molar-refractivity contribution in [2.24, 2.45) is 0 Å². The third-order valence-corrected chi connectivity index (χ3v) is 3.49. The van der Waals surface area contributed by atoms with E-state index in [0.717, 1.165) is 23.8 Å². The number of hydrogen-bond donors (Lipinski definition) is 1. The fraction of sp³-hybridized carbons (Fsp3) is 0.500. The maximum atomic E-state index is 8.65. The van der Waals surface area contributed by atoms with E-state index in [1.165, 1.54) is 11.3 Å². The lowest BCUT2D eigenvalue weighted by molar-refractivity contribution is 0.989. The number of nitriles is 1. The maximum absolute atomic E-state index is 8.65. The molecule has 6 heteroatoms. The summed E-state index contributed by atoms with van der Waals surface area (Å²) in [4.78, 5) is 4.49. The van der Waals surface area contributed by atoms with Gasteiger partial charge in [-0.25, -0.2) is 4.98 Å². The molecule has 1 rings (SSSR count). The number of rotatable bonds is 5. The van der Waals surface area contributed by atoms with Crippen molar-refractivity contribution < 1.29 is 0 Å². The van der Waals surface area contributed by atoms with Crippen LogP contribution in [0, 0.1) is 11.3 Å². The number of nitrogens with one attached hydrogen (secondary N) is 1. The smallest absolute Gasteiger partial charge is 0.185 e. The van der Waals surface area contributed by atoms with Crippen LogP contribution in [-0.2, 0) is 0 Å². The SMILES string of the molecule is CSCCCNc1nc(Cl)c(C#N)s1. The van der Waals surface area contributed by atoms with Gasteiger partial charge in [0.15, 0.2) is 10.3 Å². The molecular weight excluding hydrogens is 238 g/mol. The van der Waals surface area contributed by atoms with E-state index in [1.807, 2.05) is 17.8 Å². The van der Waals surface area contributed by atoms with E-state index in [2.05, 4.69) is 16.6 Å². The zero-order valence-corrected chi connectivity index (χ0v) is 10.1. The van der Waals surface area contributed by atoms with Gasteiger partial charge in [-0.1, -0.05) is 22.9 Å². The predicted octanol–water partition coefficient (Wildman–Crippen LogP) is 2.83. The Balaban J connectivity index is 2.40. The van der Waals surface area contributed by atoms with E-state index in [9.17, 15) is 0 Å². The van der Waals surface area contributed by atoms with Crippen molar-refractivity contribution in [3.63, 3.8) is 0 Å². The van der Waals surface area contributed by atoms with Gasteiger partial charge in [0.2, 0.25) is 0 Å². The van der Waals surface area contributed by atoms with Crippen LogP contribution in [0.15, 0.2) is 0 Å². The highest BCUT2D eigenvalue weighted by molar-refractivity contribution is 7.98. The topological polar surface area (TPSA) is 48.7 Å². The van der Waals surface area contributed by atoms with Crippen LogP contribution in [0.25, 0.3) is 0 Å². The summed E-state index contributed by atoms with van der Waals surface area (Å²) in [5.41, 5.74) is 0. The Labute approximate surface area is 96.5 Å². The van der Waals surface area contributed by atoms with Gasteiger partial charge in [0.05, 0.1) is 0 Å². The second-order valence-corrected chi connectivity index (χ2v) is 4.87. The molecule has 0 saturated heterocycles. The average Bonchev–Trinajstić information content (AvgIpc) is 2.54. The van der Waals surface area contributed by atoms with Crippen molar-refractivity contribution in [3.8, 4) is 6.07 Å². The number of thioether (sulfide) groups is 1. The number of anilines is 1. The second-order valence-electron chi connectivity index (χ2n) is 2.52. The number of nitrogens with zero attached hydrogens (tertiary/aromatic N) is 2. The molecule has 0 atom stereocenters. The molecule has 0 amide bonds. The van der Waals surface area contributed by atoms with Crippen LogP contribution in [0.4, 0.5) is 5.13 Å². The summed E-state index contributed by atoms with van der Waals surface area (Å²) in [6.45, 7) is 0.871. The largest absolute Gasteiger partial charge is 0.361 e. The lowest BCUT2D eigenvalue weighted by Gasteiger charge is -1.99. The summed E-state index contributed by atoms with van der Waals surface area (Å²) in [6, 6.07) is 2.00. The minimum atomic E-state index is 0.296. The molecule has 0 fully saturated rings. The molecular formula is C8H10ClN3S2. The van der Waals surface area contributed by atoms with E-state index >= 15 is 0 Å². The van der Waals surface area contributed by atoms with E-state index in [4.69, 9.17) is 16.9 Å². The van der Waals surface area contributed by atoms with Gasteiger partial charge >= 0.3 is 0 Å². The number of aromatic nitrogens is 1. The molecule has 0 radical (unpaired) electrons. The van der Waals surface area contributed by atoms with Gasteiger partial charge in [0.1, 0.15) is 10.9 Å². The molecule has 0 aromatic carbocycles. The molecule has 76 valence electrons. The Morgan fingerprint density at radius 1 is 1.71 bits per heavy atom. The third kappa shape index (κ3) is 3.37. The van der Waals surface area contributed by atoms with Crippen LogP contribution in [0.2, 0.25) is 5.15 Å². The second kappa shape index (κ2) is 6.12. The first-order valence-electron chi connectivity index (χ1n) is 4.07. The first kappa shape index (κ1) is 11.6. The first-order chi connectivity index (χ1) is 6.77. The third-order valence-electron chi connectivity index (χ3n) is 1.49. The van der Waals surface area contributed by atoms with Crippen LogP contribution in [0.1, 0.15) is 11.3 Å².